The van der Waals surface area contributed by atoms with Crippen molar-refractivity contribution in [3.8, 4) is 0 Å². The van der Waals surface area contributed by atoms with Gasteiger partial charge in [0.25, 0.3) is 0 Å². The van der Waals surface area contributed by atoms with Crippen LogP contribution in [0.1, 0.15) is 33.1 Å². The summed E-state index contributed by atoms with van der Waals surface area (Å²) in [7, 11) is 3.64. The van der Waals surface area contributed by atoms with Crippen molar-refractivity contribution in [3.63, 3.8) is 0 Å². The molecule has 1 aliphatic carbocycles. The molecule has 2 unspecified atom stereocenters. The third kappa shape index (κ3) is 4.44. The first kappa shape index (κ1) is 16.4. The molecular formula is C14H28N2O3. The van der Waals surface area contributed by atoms with E-state index in [2.05, 4.69) is 17.1 Å². The minimum Gasteiger partial charge on any atom is -0.480 e. The molecule has 1 aliphatic rings. The molecule has 0 aromatic rings. The Labute approximate surface area is 116 Å². The molecule has 1 rings (SSSR count). The molecule has 0 amide bonds. The maximum Gasteiger partial charge on any atom is 0.325 e. The van der Waals surface area contributed by atoms with E-state index in [0.717, 1.165) is 32.4 Å². The molecule has 5 heteroatoms. The molecule has 0 aliphatic heterocycles. The standard InChI is InChI=1S/C14H28N2O3/c1-5-8-15-14(13(17)18,12-6-7-12)10-16(3)9-11(2)19-4/h11-12,15H,5-10H2,1-4H3,(H,17,18). The summed E-state index contributed by atoms with van der Waals surface area (Å²) < 4.78 is 5.24. The van der Waals surface area contributed by atoms with Crippen molar-refractivity contribution < 1.29 is 14.6 Å². The first-order chi connectivity index (χ1) is 8.96. The second kappa shape index (κ2) is 7.22. The van der Waals surface area contributed by atoms with Crippen molar-refractivity contribution in [2.24, 2.45) is 5.92 Å². The Hall–Kier alpha value is -0.650. The van der Waals surface area contributed by atoms with Crippen molar-refractivity contribution in [1.82, 2.24) is 10.2 Å². The summed E-state index contributed by atoms with van der Waals surface area (Å²) in [6, 6.07) is 0. The summed E-state index contributed by atoms with van der Waals surface area (Å²) in [4.78, 5) is 13.8. The van der Waals surface area contributed by atoms with E-state index < -0.39 is 11.5 Å². The summed E-state index contributed by atoms with van der Waals surface area (Å²) in [6.45, 7) is 6.07. The van der Waals surface area contributed by atoms with E-state index in [9.17, 15) is 9.90 Å². The van der Waals surface area contributed by atoms with Crippen molar-refractivity contribution in [2.75, 3.05) is 33.8 Å². The molecule has 0 radical (unpaired) electrons. The summed E-state index contributed by atoms with van der Waals surface area (Å²) in [5, 5.41) is 13.0. The van der Waals surface area contributed by atoms with Crippen LogP contribution in [0.15, 0.2) is 0 Å². The second-order valence-corrected chi connectivity index (χ2v) is 5.72. The molecule has 5 nitrogen and oxygen atoms in total. The van der Waals surface area contributed by atoms with Crippen molar-refractivity contribution in [1.29, 1.82) is 0 Å². The summed E-state index contributed by atoms with van der Waals surface area (Å²) in [5.41, 5.74) is -0.793. The number of carbonyl (C=O) groups is 1. The number of methoxy groups -OCH3 is 1. The van der Waals surface area contributed by atoms with E-state index >= 15 is 0 Å². The number of ether oxygens (including phenoxy) is 1. The van der Waals surface area contributed by atoms with Gasteiger partial charge in [-0.2, -0.15) is 0 Å². The molecule has 1 fully saturated rings. The maximum atomic E-state index is 11.8. The van der Waals surface area contributed by atoms with Crippen LogP contribution in [-0.4, -0.2) is 61.4 Å². The predicted molar refractivity (Wildman–Crippen MR) is 75.4 cm³/mol. The molecule has 19 heavy (non-hydrogen) atoms. The lowest BCUT2D eigenvalue weighted by atomic mass is 9.92. The fourth-order valence-electron chi connectivity index (χ4n) is 2.58. The highest BCUT2D eigenvalue weighted by molar-refractivity contribution is 5.80. The van der Waals surface area contributed by atoms with Crippen LogP contribution < -0.4 is 5.32 Å². The van der Waals surface area contributed by atoms with Crippen molar-refractivity contribution in [3.05, 3.63) is 0 Å². The molecule has 0 aromatic carbocycles. The molecule has 0 bridgehead atoms. The van der Waals surface area contributed by atoms with Gasteiger partial charge in [-0.25, -0.2) is 0 Å². The van der Waals surface area contributed by atoms with Gasteiger partial charge >= 0.3 is 5.97 Å². The van der Waals surface area contributed by atoms with Gasteiger partial charge in [0.2, 0.25) is 0 Å². The van der Waals surface area contributed by atoms with Gasteiger partial charge in [0.05, 0.1) is 6.10 Å². The second-order valence-electron chi connectivity index (χ2n) is 5.72. The molecule has 112 valence electrons. The average molecular weight is 272 g/mol. The highest BCUT2D eigenvalue weighted by atomic mass is 16.5. The van der Waals surface area contributed by atoms with Crippen LogP contribution in [-0.2, 0) is 9.53 Å². The van der Waals surface area contributed by atoms with Crippen LogP contribution in [0.2, 0.25) is 0 Å². The zero-order valence-corrected chi connectivity index (χ0v) is 12.6. The van der Waals surface area contributed by atoms with Gasteiger partial charge in [-0.1, -0.05) is 6.92 Å². The minimum absolute atomic E-state index is 0.113. The number of hydrogen-bond acceptors (Lipinski definition) is 4. The molecule has 2 N–H and O–H groups in total. The Morgan fingerprint density at radius 2 is 2.21 bits per heavy atom. The molecule has 0 spiro atoms. The Bertz CT molecular complexity index is 294. The molecular weight excluding hydrogens is 244 g/mol. The van der Waals surface area contributed by atoms with Gasteiger partial charge in [-0.3, -0.25) is 4.79 Å². The van der Waals surface area contributed by atoms with Crippen LogP contribution in [0, 0.1) is 5.92 Å². The Morgan fingerprint density at radius 1 is 1.58 bits per heavy atom. The van der Waals surface area contributed by atoms with Crippen molar-refractivity contribution in [2.45, 2.75) is 44.8 Å². The minimum atomic E-state index is -0.793. The zero-order chi connectivity index (χ0) is 14.5. The maximum absolute atomic E-state index is 11.8. The highest BCUT2D eigenvalue weighted by Gasteiger charge is 2.51. The Kier molecular flexibility index (Phi) is 6.23. The van der Waals surface area contributed by atoms with E-state index in [1.54, 1.807) is 7.11 Å². The number of aliphatic carboxylic acids is 1. The number of rotatable bonds is 10. The lowest BCUT2D eigenvalue weighted by Crippen LogP contribution is -2.61. The van der Waals surface area contributed by atoms with Gasteiger partial charge in [0, 0.05) is 20.2 Å². The monoisotopic (exact) mass is 272 g/mol. The quantitative estimate of drug-likeness (QED) is 0.625. The molecule has 2 atom stereocenters. The number of carboxylic acids is 1. The normalized spacial score (nSPS) is 20.3. The molecule has 0 heterocycles. The summed E-state index contributed by atoms with van der Waals surface area (Å²) in [6.07, 6.45) is 3.08. The van der Waals surface area contributed by atoms with E-state index in [1.165, 1.54) is 0 Å². The third-order valence-electron chi connectivity index (χ3n) is 3.84. The lowest BCUT2D eigenvalue weighted by molar-refractivity contribution is -0.147. The molecule has 1 saturated carbocycles. The highest BCUT2D eigenvalue weighted by Crippen LogP contribution is 2.40. The van der Waals surface area contributed by atoms with Gasteiger partial charge in [-0.05, 0) is 45.7 Å². The number of likely N-dealkylation sites (N-methyl/N-ethyl adjacent to an activating group) is 1. The first-order valence-corrected chi connectivity index (χ1v) is 7.16. The molecule has 0 aromatic heterocycles. The fraction of sp³-hybridized carbons (Fsp3) is 0.929. The van der Waals surface area contributed by atoms with E-state index in [0.29, 0.717) is 6.54 Å². The summed E-state index contributed by atoms with van der Waals surface area (Å²) in [5.74, 6) is -0.461. The van der Waals surface area contributed by atoms with Crippen LogP contribution in [0.3, 0.4) is 0 Å². The van der Waals surface area contributed by atoms with Gasteiger partial charge in [0.1, 0.15) is 5.54 Å². The van der Waals surface area contributed by atoms with Crippen LogP contribution >= 0.6 is 0 Å². The third-order valence-corrected chi connectivity index (χ3v) is 3.84. The number of hydrogen-bond donors (Lipinski definition) is 2. The fourth-order valence-corrected chi connectivity index (χ4v) is 2.58. The van der Waals surface area contributed by atoms with Crippen molar-refractivity contribution >= 4 is 5.97 Å². The topological polar surface area (TPSA) is 61.8 Å². The SMILES string of the molecule is CCCNC(CN(C)CC(C)OC)(C(=O)O)C1CC1. The van der Waals surface area contributed by atoms with Crippen LogP contribution in [0.5, 0.6) is 0 Å². The lowest BCUT2D eigenvalue weighted by Gasteiger charge is -2.35. The first-order valence-electron chi connectivity index (χ1n) is 7.16. The van der Waals surface area contributed by atoms with E-state index in [-0.39, 0.29) is 12.0 Å². The van der Waals surface area contributed by atoms with E-state index in [1.807, 2.05) is 14.0 Å². The zero-order valence-electron chi connectivity index (χ0n) is 12.6. The number of nitrogens with zero attached hydrogens (tertiary/aromatic N) is 1. The molecule has 0 saturated heterocycles. The largest absolute Gasteiger partial charge is 0.480 e. The van der Waals surface area contributed by atoms with Gasteiger partial charge < -0.3 is 20.1 Å². The smallest absolute Gasteiger partial charge is 0.325 e. The van der Waals surface area contributed by atoms with E-state index in [4.69, 9.17) is 4.74 Å². The van der Waals surface area contributed by atoms with Gasteiger partial charge in [0.15, 0.2) is 0 Å². The average Bonchev–Trinajstić information content (AvgIpc) is 3.18. The Morgan fingerprint density at radius 3 is 2.63 bits per heavy atom. The summed E-state index contributed by atoms with van der Waals surface area (Å²) >= 11 is 0. The number of carboxylic acid groups (broad SMARTS) is 1. The van der Waals surface area contributed by atoms with Crippen LogP contribution in [0.25, 0.3) is 0 Å². The van der Waals surface area contributed by atoms with Gasteiger partial charge in [-0.15, -0.1) is 0 Å². The predicted octanol–water partition coefficient (Wildman–Crippen LogP) is 1.19. The van der Waals surface area contributed by atoms with Crippen LogP contribution in [0.4, 0.5) is 0 Å². The Balaban J connectivity index is 2.69. The number of nitrogens with one attached hydrogen (secondary N) is 1.